The summed E-state index contributed by atoms with van der Waals surface area (Å²) < 4.78 is 18.1. The van der Waals surface area contributed by atoms with E-state index in [1.807, 2.05) is 0 Å². The number of hydrogen-bond acceptors (Lipinski definition) is 3. The first kappa shape index (κ1) is 17.1. The molecule has 0 spiro atoms. The number of hydrogen-bond donors (Lipinski definition) is 0. The standard InChI is InChI=1S/C13H17FO2.C2H3N/c1-10(2)5-6-16-13-4-3-11(9-15)12(7-13)8-14;1-2-3/h3-4,7,9-10H,5-6,8H2,1-2H3;1H3. The average Bonchev–Trinajstić information content (AvgIpc) is 2.39. The second-order valence-electron chi connectivity index (χ2n) is 4.37. The maximum absolute atomic E-state index is 12.6. The summed E-state index contributed by atoms with van der Waals surface area (Å²) in [6.07, 6.45) is 1.62. The molecule has 0 radical (unpaired) electrons. The summed E-state index contributed by atoms with van der Waals surface area (Å²) in [5.74, 6) is 1.20. The number of aldehydes is 1. The molecule has 0 saturated carbocycles. The first-order valence-corrected chi connectivity index (χ1v) is 6.16. The van der Waals surface area contributed by atoms with Gasteiger partial charge in [0.25, 0.3) is 0 Å². The van der Waals surface area contributed by atoms with Crippen LogP contribution < -0.4 is 4.74 Å². The molecule has 0 aliphatic rings. The second kappa shape index (κ2) is 10.1. The molecule has 0 aliphatic heterocycles. The molecule has 0 aromatic heterocycles. The summed E-state index contributed by atoms with van der Waals surface area (Å²) in [6.45, 7) is 5.64. The maximum Gasteiger partial charge on any atom is 0.150 e. The Bertz CT molecular complexity index is 425. The summed E-state index contributed by atoms with van der Waals surface area (Å²) in [5.41, 5.74) is 0.774. The minimum atomic E-state index is -0.643. The van der Waals surface area contributed by atoms with Gasteiger partial charge in [0, 0.05) is 12.5 Å². The van der Waals surface area contributed by atoms with Gasteiger partial charge in [0.2, 0.25) is 0 Å². The molecule has 1 rings (SSSR count). The molecule has 0 unspecified atom stereocenters. The van der Waals surface area contributed by atoms with Crippen molar-refractivity contribution in [2.75, 3.05) is 6.61 Å². The van der Waals surface area contributed by atoms with Gasteiger partial charge in [-0.25, -0.2) is 4.39 Å². The van der Waals surface area contributed by atoms with Gasteiger partial charge >= 0.3 is 0 Å². The van der Waals surface area contributed by atoms with Gasteiger partial charge < -0.3 is 4.74 Å². The van der Waals surface area contributed by atoms with Crippen LogP contribution in [-0.2, 0) is 6.67 Å². The van der Waals surface area contributed by atoms with Gasteiger partial charge in [-0.3, -0.25) is 4.79 Å². The highest BCUT2D eigenvalue weighted by atomic mass is 19.1. The van der Waals surface area contributed by atoms with Crippen LogP contribution in [0, 0.1) is 17.2 Å². The molecule has 0 fully saturated rings. The molecule has 0 N–H and O–H groups in total. The smallest absolute Gasteiger partial charge is 0.150 e. The van der Waals surface area contributed by atoms with Crippen molar-refractivity contribution in [2.45, 2.75) is 33.9 Å². The van der Waals surface area contributed by atoms with Crippen molar-refractivity contribution >= 4 is 6.29 Å². The van der Waals surface area contributed by atoms with E-state index in [1.165, 1.54) is 6.92 Å². The summed E-state index contributed by atoms with van der Waals surface area (Å²) in [4.78, 5) is 10.6. The second-order valence-corrected chi connectivity index (χ2v) is 4.37. The molecule has 19 heavy (non-hydrogen) atoms. The molecule has 0 amide bonds. The summed E-state index contributed by atoms with van der Waals surface area (Å²) >= 11 is 0. The van der Waals surface area contributed by atoms with Crippen LogP contribution >= 0.6 is 0 Å². The van der Waals surface area contributed by atoms with E-state index in [0.717, 1.165) is 6.42 Å². The summed E-state index contributed by atoms with van der Waals surface area (Å²) in [7, 11) is 0. The lowest BCUT2D eigenvalue weighted by molar-refractivity contribution is 0.112. The Labute approximate surface area is 114 Å². The largest absolute Gasteiger partial charge is 0.494 e. The molecule has 0 saturated heterocycles. The Balaban J connectivity index is 0.000000982. The Morgan fingerprint density at radius 2 is 2.11 bits per heavy atom. The molecule has 104 valence electrons. The zero-order chi connectivity index (χ0) is 14.7. The van der Waals surface area contributed by atoms with E-state index in [9.17, 15) is 9.18 Å². The van der Waals surface area contributed by atoms with Crippen LogP contribution in [0.3, 0.4) is 0 Å². The fourth-order valence-electron chi connectivity index (χ4n) is 1.32. The van der Waals surface area contributed by atoms with Crippen LogP contribution in [0.2, 0.25) is 0 Å². The third-order valence-corrected chi connectivity index (χ3v) is 2.35. The van der Waals surface area contributed by atoms with Gasteiger partial charge in [-0.15, -0.1) is 0 Å². The number of carbonyl (C=O) groups excluding carboxylic acids is 1. The Morgan fingerprint density at radius 3 is 2.58 bits per heavy atom. The van der Waals surface area contributed by atoms with Crippen molar-refractivity contribution in [1.29, 1.82) is 5.26 Å². The topological polar surface area (TPSA) is 50.1 Å². The summed E-state index contributed by atoms with van der Waals surface area (Å²) in [5, 5.41) is 7.32. The molecule has 3 nitrogen and oxygen atoms in total. The Kier molecular flexibility index (Phi) is 9.07. The van der Waals surface area contributed by atoms with Crippen LogP contribution in [0.15, 0.2) is 18.2 Å². The van der Waals surface area contributed by atoms with E-state index in [1.54, 1.807) is 24.3 Å². The number of halogens is 1. The average molecular weight is 265 g/mol. The van der Waals surface area contributed by atoms with Crippen molar-refractivity contribution < 1.29 is 13.9 Å². The molecule has 0 heterocycles. The number of ether oxygens (including phenoxy) is 1. The molecule has 1 aromatic rings. The van der Waals surface area contributed by atoms with Crippen LogP contribution in [0.25, 0.3) is 0 Å². The molecular formula is C15H20FNO2. The van der Waals surface area contributed by atoms with Crippen molar-refractivity contribution in [3.05, 3.63) is 29.3 Å². The number of rotatable bonds is 6. The van der Waals surface area contributed by atoms with E-state index in [4.69, 9.17) is 10.00 Å². The van der Waals surface area contributed by atoms with Crippen LogP contribution in [-0.4, -0.2) is 12.9 Å². The van der Waals surface area contributed by atoms with E-state index in [2.05, 4.69) is 13.8 Å². The highest BCUT2D eigenvalue weighted by Gasteiger charge is 2.04. The van der Waals surface area contributed by atoms with Gasteiger partial charge in [-0.05, 0) is 36.1 Å². The number of nitrogens with zero attached hydrogens (tertiary/aromatic N) is 1. The van der Waals surface area contributed by atoms with Gasteiger partial charge in [0.05, 0.1) is 12.7 Å². The van der Waals surface area contributed by atoms with Gasteiger partial charge in [-0.2, -0.15) is 5.26 Å². The Hall–Kier alpha value is -1.89. The third kappa shape index (κ3) is 7.20. The van der Waals surface area contributed by atoms with Crippen molar-refractivity contribution in [3.8, 4) is 11.8 Å². The number of benzene rings is 1. The normalized spacial score (nSPS) is 9.26. The number of alkyl halides is 1. The highest BCUT2D eigenvalue weighted by molar-refractivity contribution is 5.77. The molecule has 4 heteroatoms. The highest BCUT2D eigenvalue weighted by Crippen LogP contribution is 2.18. The minimum Gasteiger partial charge on any atom is -0.494 e. The number of nitriles is 1. The fourth-order valence-corrected chi connectivity index (χ4v) is 1.32. The van der Waals surface area contributed by atoms with Gasteiger partial charge in [-0.1, -0.05) is 13.8 Å². The third-order valence-electron chi connectivity index (χ3n) is 2.35. The Morgan fingerprint density at radius 1 is 1.47 bits per heavy atom. The molecular weight excluding hydrogens is 245 g/mol. The van der Waals surface area contributed by atoms with Crippen LogP contribution in [0.1, 0.15) is 43.1 Å². The van der Waals surface area contributed by atoms with Crippen molar-refractivity contribution in [2.24, 2.45) is 5.92 Å². The summed E-state index contributed by atoms with van der Waals surface area (Å²) in [6, 6.07) is 6.62. The first-order chi connectivity index (χ1) is 9.08. The zero-order valence-corrected chi connectivity index (χ0v) is 11.6. The first-order valence-electron chi connectivity index (χ1n) is 6.16. The molecule has 1 aromatic carbocycles. The fraction of sp³-hybridized carbons (Fsp3) is 0.467. The molecule has 0 bridgehead atoms. The van der Waals surface area contributed by atoms with Crippen molar-refractivity contribution in [3.63, 3.8) is 0 Å². The van der Waals surface area contributed by atoms with E-state index < -0.39 is 6.67 Å². The number of carbonyl (C=O) groups is 1. The predicted octanol–water partition coefficient (Wildman–Crippen LogP) is 3.92. The quantitative estimate of drug-likeness (QED) is 0.732. The maximum atomic E-state index is 12.6. The minimum absolute atomic E-state index is 0.386. The lowest BCUT2D eigenvalue weighted by Crippen LogP contribution is -2.02. The van der Waals surface area contributed by atoms with E-state index in [-0.39, 0.29) is 0 Å². The van der Waals surface area contributed by atoms with Gasteiger partial charge in [0.15, 0.2) is 0 Å². The predicted molar refractivity (Wildman–Crippen MR) is 72.9 cm³/mol. The van der Waals surface area contributed by atoms with E-state index in [0.29, 0.717) is 35.7 Å². The van der Waals surface area contributed by atoms with E-state index >= 15 is 0 Å². The lowest BCUT2D eigenvalue weighted by Gasteiger charge is -2.09. The van der Waals surface area contributed by atoms with Crippen molar-refractivity contribution in [1.82, 2.24) is 0 Å². The zero-order valence-electron chi connectivity index (χ0n) is 11.6. The lowest BCUT2D eigenvalue weighted by atomic mass is 10.1. The monoisotopic (exact) mass is 265 g/mol. The molecule has 0 aliphatic carbocycles. The van der Waals surface area contributed by atoms with Crippen LogP contribution in [0.5, 0.6) is 5.75 Å². The van der Waals surface area contributed by atoms with Crippen LogP contribution in [0.4, 0.5) is 4.39 Å². The van der Waals surface area contributed by atoms with Gasteiger partial charge in [0.1, 0.15) is 18.7 Å². The molecule has 0 atom stereocenters. The SMILES string of the molecule is CC#N.CC(C)CCOc1ccc(C=O)c(CF)c1.